The molecule has 184 valence electrons. The number of β-amino-alcohol motifs (C(OH)–C–C–N with tert-alkyl or cyclic N) is 1. The molecular weight excluding hydrogens is 424 g/mol. The lowest BCUT2D eigenvalue weighted by Crippen LogP contribution is -2.58. The summed E-state index contributed by atoms with van der Waals surface area (Å²) in [5.41, 5.74) is -2.03. The molecule has 3 fully saturated rings. The molecule has 0 aliphatic carbocycles. The molecular formula is C25H38N2O6. The zero-order valence-corrected chi connectivity index (χ0v) is 20.3. The van der Waals surface area contributed by atoms with E-state index in [1.54, 1.807) is 17.1 Å². The molecule has 3 unspecified atom stereocenters. The molecule has 8 heteroatoms. The van der Waals surface area contributed by atoms with E-state index in [2.05, 4.69) is 13.2 Å². The van der Waals surface area contributed by atoms with Crippen molar-refractivity contribution in [2.75, 3.05) is 26.3 Å². The number of rotatable bonds is 11. The Kier molecular flexibility index (Phi) is 7.39. The van der Waals surface area contributed by atoms with Crippen LogP contribution in [-0.2, 0) is 23.9 Å². The number of ether oxygens (including phenoxy) is 2. The van der Waals surface area contributed by atoms with Crippen molar-refractivity contribution in [2.24, 2.45) is 17.8 Å². The maximum atomic E-state index is 13.9. The number of hydrogen-bond donors (Lipinski definition) is 1. The van der Waals surface area contributed by atoms with E-state index in [0.717, 1.165) is 6.42 Å². The summed E-state index contributed by atoms with van der Waals surface area (Å²) in [6, 6.07) is -1.03. The van der Waals surface area contributed by atoms with Crippen molar-refractivity contribution in [3.05, 3.63) is 25.3 Å². The fraction of sp³-hybridized carbons (Fsp3) is 0.720. The van der Waals surface area contributed by atoms with Crippen molar-refractivity contribution in [1.82, 2.24) is 9.80 Å². The van der Waals surface area contributed by atoms with Gasteiger partial charge in [-0.3, -0.25) is 14.4 Å². The van der Waals surface area contributed by atoms with Crippen molar-refractivity contribution < 1.29 is 29.0 Å². The molecule has 6 atom stereocenters. The van der Waals surface area contributed by atoms with Gasteiger partial charge in [0.05, 0.1) is 24.7 Å². The van der Waals surface area contributed by atoms with E-state index < -0.39 is 35.0 Å². The minimum Gasteiger partial charge on any atom is -0.465 e. The van der Waals surface area contributed by atoms with E-state index >= 15 is 0 Å². The van der Waals surface area contributed by atoms with Crippen LogP contribution in [0.5, 0.6) is 0 Å². The number of esters is 1. The van der Waals surface area contributed by atoms with Gasteiger partial charge in [0.25, 0.3) is 0 Å². The molecule has 33 heavy (non-hydrogen) atoms. The maximum Gasteiger partial charge on any atom is 0.312 e. The maximum absolute atomic E-state index is 13.9. The van der Waals surface area contributed by atoms with Gasteiger partial charge in [0.2, 0.25) is 11.8 Å². The number of aliphatic hydroxyl groups is 1. The van der Waals surface area contributed by atoms with Crippen molar-refractivity contribution in [3.63, 3.8) is 0 Å². The van der Waals surface area contributed by atoms with E-state index in [1.807, 2.05) is 27.7 Å². The van der Waals surface area contributed by atoms with Gasteiger partial charge < -0.3 is 24.4 Å². The van der Waals surface area contributed by atoms with Crippen LogP contribution in [0.3, 0.4) is 0 Å². The third-order valence-corrected chi connectivity index (χ3v) is 7.67. The smallest absolute Gasteiger partial charge is 0.312 e. The number of likely N-dealkylation sites (tertiary alicyclic amines) is 1. The van der Waals surface area contributed by atoms with Crippen LogP contribution < -0.4 is 0 Å². The van der Waals surface area contributed by atoms with E-state index in [0.29, 0.717) is 19.4 Å². The van der Waals surface area contributed by atoms with Gasteiger partial charge in [-0.1, -0.05) is 19.1 Å². The number of unbranched alkanes of at least 4 members (excludes halogenated alkanes) is 1. The Morgan fingerprint density at radius 3 is 2.64 bits per heavy atom. The summed E-state index contributed by atoms with van der Waals surface area (Å²) in [5.74, 6) is -2.70. The summed E-state index contributed by atoms with van der Waals surface area (Å²) in [6.07, 6.45) is 5.28. The molecule has 8 nitrogen and oxygen atoms in total. The van der Waals surface area contributed by atoms with E-state index in [4.69, 9.17) is 9.47 Å². The highest BCUT2D eigenvalue weighted by Crippen LogP contribution is 2.65. The number of nitrogens with zero attached hydrogens (tertiary/aromatic N) is 2. The number of fused-ring (bicyclic) bond motifs is 1. The Bertz CT molecular complexity index is 813. The minimum absolute atomic E-state index is 0.00305. The van der Waals surface area contributed by atoms with E-state index in [-0.39, 0.29) is 43.5 Å². The van der Waals surface area contributed by atoms with Gasteiger partial charge in [-0.25, -0.2) is 0 Å². The number of carbonyl (C=O) groups is 3. The predicted octanol–water partition coefficient (Wildman–Crippen LogP) is 1.92. The zero-order chi connectivity index (χ0) is 24.6. The van der Waals surface area contributed by atoms with Gasteiger partial charge in [-0.15, -0.1) is 13.2 Å². The molecule has 0 saturated carbocycles. The minimum atomic E-state index is -1.13. The van der Waals surface area contributed by atoms with E-state index in [1.165, 1.54) is 4.90 Å². The third kappa shape index (κ3) is 3.91. The van der Waals surface area contributed by atoms with Crippen molar-refractivity contribution in [3.8, 4) is 0 Å². The molecule has 1 N–H and O–H groups in total. The third-order valence-electron chi connectivity index (χ3n) is 7.67. The second kappa shape index (κ2) is 9.58. The van der Waals surface area contributed by atoms with Gasteiger partial charge in [-0.05, 0) is 46.0 Å². The molecule has 3 rings (SSSR count). The van der Waals surface area contributed by atoms with Crippen LogP contribution in [0.25, 0.3) is 0 Å². The lowest BCUT2D eigenvalue weighted by molar-refractivity contribution is -0.162. The summed E-state index contributed by atoms with van der Waals surface area (Å²) < 4.78 is 12.2. The summed E-state index contributed by atoms with van der Waals surface area (Å²) in [6.45, 7) is 15.4. The number of hydrogen-bond acceptors (Lipinski definition) is 6. The second-order valence-electron chi connectivity index (χ2n) is 9.93. The van der Waals surface area contributed by atoms with Crippen molar-refractivity contribution in [1.29, 1.82) is 0 Å². The van der Waals surface area contributed by atoms with E-state index in [9.17, 15) is 19.5 Å². The first-order valence-electron chi connectivity index (χ1n) is 11.9. The highest BCUT2D eigenvalue weighted by molar-refractivity contribution is 5.98. The van der Waals surface area contributed by atoms with Gasteiger partial charge in [-0.2, -0.15) is 0 Å². The van der Waals surface area contributed by atoms with Crippen LogP contribution >= 0.6 is 0 Å². The van der Waals surface area contributed by atoms with Crippen LogP contribution in [0.4, 0.5) is 0 Å². The number of carbonyl (C=O) groups excluding carboxylic acids is 3. The Balaban J connectivity index is 2.02. The highest BCUT2D eigenvalue weighted by atomic mass is 16.6. The summed E-state index contributed by atoms with van der Waals surface area (Å²) in [5, 5.41) is 9.69. The normalized spacial score (nSPS) is 34.5. The fourth-order valence-electron chi connectivity index (χ4n) is 6.07. The summed E-state index contributed by atoms with van der Waals surface area (Å²) >= 11 is 0. The SMILES string of the molecule is C=CCCCOC(=O)[C@H]1[C@H]2C(=O)N(CCO)C(C(=O)N(CC=C)C(C)C)C23CC(C)[C@]1(C)O3. The van der Waals surface area contributed by atoms with Gasteiger partial charge >= 0.3 is 5.97 Å². The number of amides is 2. The van der Waals surface area contributed by atoms with Crippen LogP contribution in [0.15, 0.2) is 25.3 Å². The van der Waals surface area contributed by atoms with Gasteiger partial charge in [0.15, 0.2) is 0 Å². The first-order valence-corrected chi connectivity index (χ1v) is 11.9. The molecule has 3 aliphatic rings. The quantitative estimate of drug-likeness (QED) is 0.286. The summed E-state index contributed by atoms with van der Waals surface area (Å²) in [7, 11) is 0. The largest absolute Gasteiger partial charge is 0.465 e. The standard InChI is InChI=1S/C25H38N2O6/c1-7-9-10-14-32-23(31)19-18-21(29)27(12-13-28)20(22(30)26(11-8-2)16(3)4)25(18)15-17(5)24(19,6)33-25/h7-8,16-20,28H,1-2,9-15H2,3-6H3/t17?,18-,19+,20?,24-,25?/m0/s1. The zero-order valence-electron chi connectivity index (χ0n) is 20.3. The fourth-order valence-corrected chi connectivity index (χ4v) is 6.07. The number of allylic oxidation sites excluding steroid dienone is 1. The van der Waals surface area contributed by atoms with Gasteiger partial charge in [0, 0.05) is 19.1 Å². The Labute approximate surface area is 196 Å². The Morgan fingerprint density at radius 1 is 1.36 bits per heavy atom. The van der Waals surface area contributed by atoms with Crippen LogP contribution in [-0.4, -0.2) is 82.3 Å². The molecule has 0 aromatic carbocycles. The number of aliphatic hydroxyl groups excluding tert-OH is 1. The average molecular weight is 463 g/mol. The van der Waals surface area contributed by atoms with Crippen molar-refractivity contribution >= 4 is 17.8 Å². The first kappa shape index (κ1) is 25.4. The highest BCUT2D eigenvalue weighted by Gasteiger charge is 2.80. The lowest BCUT2D eigenvalue weighted by atomic mass is 9.62. The summed E-state index contributed by atoms with van der Waals surface area (Å²) in [4.78, 5) is 43.9. The molecule has 2 bridgehead atoms. The Hall–Kier alpha value is -2.19. The molecule has 2 amide bonds. The predicted molar refractivity (Wildman–Crippen MR) is 123 cm³/mol. The molecule has 1 spiro atoms. The average Bonchev–Trinajstić information content (AvgIpc) is 3.26. The molecule has 0 aromatic rings. The van der Waals surface area contributed by atoms with Crippen LogP contribution in [0.2, 0.25) is 0 Å². The molecule has 0 radical (unpaired) electrons. The first-order chi connectivity index (χ1) is 15.6. The van der Waals surface area contributed by atoms with Crippen molar-refractivity contribution in [2.45, 2.75) is 70.2 Å². The molecule has 3 saturated heterocycles. The monoisotopic (exact) mass is 462 g/mol. The topological polar surface area (TPSA) is 96.4 Å². The Morgan fingerprint density at radius 2 is 2.06 bits per heavy atom. The van der Waals surface area contributed by atoms with Crippen LogP contribution in [0.1, 0.15) is 47.0 Å². The van der Waals surface area contributed by atoms with Crippen LogP contribution in [0, 0.1) is 17.8 Å². The molecule has 3 aliphatic heterocycles. The second-order valence-corrected chi connectivity index (χ2v) is 9.93. The van der Waals surface area contributed by atoms with Gasteiger partial charge in [0.1, 0.15) is 17.6 Å². The molecule has 3 heterocycles. The lowest BCUT2D eigenvalue weighted by Gasteiger charge is -2.38. The molecule has 0 aromatic heterocycles.